The van der Waals surface area contributed by atoms with E-state index in [2.05, 4.69) is 15.6 Å². The molecule has 166 valence electrons. The Labute approximate surface area is 193 Å². The molecule has 0 atom stereocenters. The Kier molecular flexibility index (Phi) is 6.41. The average molecular weight is 461 g/mol. The number of nitrogens with zero attached hydrogens (tertiary/aromatic N) is 2. The van der Waals surface area contributed by atoms with E-state index >= 15 is 0 Å². The van der Waals surface area contributed by atoms with Crippen LogP contribution in [0.4, 0.5) is 11.4 Å². The molecule has 9 heteroatoms. The van der Waals surface area contributed by atoms with Gasteiger partial charge in [-0.2, -0.15) is 4.98 Å². The first-order valence-corrected chi connectivity index (χ1v) is 11.0. The maximum absolute atomic E-state index is 13.1. The number of aromatic hydroxyl groups is 1. The molecule has 0 spiro atoms. The summed E-state index contributed by atoms with van der Waals surface area (Å²) in [7, 11) is 0. The Morgan fingerprint density at radius 1 is 0.970 bits per heavy atom. The number of hydrogen-bond acceptors (Lipinski definition) is 6. The number of amides is 2. The molecule has 8 nitrogen and oxygen atoms in total. The smallest absolute Gasteiger partial charge is 0.286 e. The minimum atomic E-state index is -0.652. The molecule has 2 amide bonds. The highest BCUT2D eigenvalue weighted by atomic mass is 32.2. The summed E-state index contributed by atoms with van der Waals surface area (Å²) >= 11 is 0.998. The van der Waals surface area contributed by atoms with Crippen molar-refractivity contribution in [1.29, 1.82) is 0 Å². The van der Waals surface area contributed by atoms with Crippen molar-refractivity contribution in [3.8, 4) is 11.6 Å². The van der Waals surface area contributed by atoms with Crippen LogP contribution >= 0.6 is 11.8 Å². The monoisotopic (exact) mass is 460 g/mol. The third-order valence-electron chi connectivity index (χ3n) is 4.74. The Balaban J connectivity index is 1.63. The van der Waals surface area contributed by atoms with Crippen molar-refractivity contribution in [3.63, 3.8) is 0 Å². The van der Waals surface area contributed by atoms with E-state index in [-0.39, 0.29) is 22.5 Å². The van der Waals surface area contributed by atoms with Crippen LogP contribution in [0.3, 0.4) is 0 Å². The first-order valence-electron chi connectivity index (χ1n) is 10.0. The maximum atomic E-state index is 13.1. The Morgan fingerprint density at radius 2 is 1.67 bits per heavy atom. The predicted octanol–water partition coefficient (Wildman–Crippen LogP) is 3.78. The van der Waals surface area contributed by atoms with Gasteiger partial charge in [-0.1, -0.05) is 66.4 Å². The van der Waals surface area contributed by atoms with Gasteiger partial charge in [0.1, 0.15) is 0 Å². The van der Waals surface area contributed by atoms with E-state index < -0.39 is 17.3 Å². The van der Waals surface area contributed by atoms with Crippen molar-refractivity contribution in [3.05, 3.63) is 83.2 Å². The number of nitrogens with one attached hydrogen (secondary N) is 2. The summed E-state index contributed by atoms with van der Waals surface area (Å²) in [5.41, 5.74) is 0.186. The van der Waals surface area contributed by atoms with Gasteiger partial charge in [0.25, 0.3) is 5.56 Å². The van der Waals surface area contributed by atoms with Crippen LogP contribution in [-0.4, -0.2) is 32.2 Å². The number of fused-ring (bicyclic) bond motifs is 1. The second-order valence-corrected chi connectivity index (χ2v) is 8.06. The van der Waals surface area contributed by atoms with Gasteiger partial charge in [-0.05, 0) is 23.6 Å². The number of carbonyl (C=O) groups excluding carboxylic acids is 2. The number of thioether (sulfide) groups is 1. The van der Waals surface area contributed by atoms with Crippen molar-refractivity contribution >= 4 is 45.7 Å². The fraction of sp³-hybridized carbons (Fsp3) is 0.0833. The molecule has 1 heterocycles. The number of aromatic nitrogens is 2. The van der Waals surface area contributed by atoms with Crippen LogP contribution in [0.1, 0.15) is 6.92 Å². The Morgan fingerprint density at radius 3 is 2.42 bits per heavy atom. The number of hydrogen-bond donors (Lipinski definition) is 3. The largest absolute Gasteiger partial charge is 0.492 e. The van der Waals surface area contributed by atoms with Crippen LogP contribution in [0, 0.1) is 0 Å². The summed E-state index contributed by atoms with van der Waals surface area (Å²) < 4.78 is 1.25. The van der Waals surface area contributed by atoms with Gasteiger partial charge in [-0.15, -0.1) is 0 Å². The molecule has 0 unspecified atom stereocenters. The third kappa shape index (κ3) is 4.88. The molecule has 0 fully saturated rings. The van der Waals surface area contributed by atoms with Crippen LogP contribution in [-0.2, 0) is 9.59 Å². The zero-order valence-corrected chi connectivity index (χ0v) is 18.4. The molecule has 3 aromatic carbocycles. The van der Waals surface area contributed by atoms with Crippen LogP contribution in [0.15, 0.2) is 82.7 Å². The van der Waals surface area contributed by atoms with E-state index in [1.807, 2.05) is 42.5 Å². The molecule has 3 N–H and O–H groups in total. The summed E-state index contributed by atoms with van der Waals surface area (Å²) in [4.78, 5) is 41.3. The quantitative estimate of drug-likeness (QED) is 0.298. The molecule has 0 aliphatic rings. The lowest BCUT2D eigenvalue weighted by Crippen LogP contribution is -2.27. The first-order chi connectivity index (χ1) is 15.9. The van der Waals surface area contributed by atoms with Crippen molar-refractivity contribution in [2.24, 2.45) is 0 Å². The lowest BCUT2D eigenvalue weighted by Gasteiger charge is -2.15. The van der Waals surface area contributed by atoms with Crippen molar-refractivity contribution < 1.29 is 14.7 Å². The SMILES string of the molecule is CC(=O)Nc1c(O)nc(SCC(=O)Nc2cccc3ccccc23)n(-c2ccccc2)c1=O. The summed E-state index contributed by atoms with van der Waals surface area (Å²) in [6.07, 6.45) is 0. The summed E-state index contributed by atoms with van der Waals surface area (Å²) in [5.74, 6) is -1.48. The molecular weight excluding hydrogens is 440 g/mol. The molecule has 4 aromatic rings. The standard InChI is InChI=1S/C24H20N4O4S/c1-15(29)25-21-22(31)27-24(28(23(21)32)17-10-3-2-4-11-17)33-14-20(30)26-19-13-7-9-16-8-5-6-12-18(16)19/h2-13,31H,14H2,1H3,(H,25,29)(H,26,30). The molecule has 4 rings (SSSR count). The Bertz CT molecular complexity index is 1400. The first kappa shape index (κ1) is 22.1. The van der Waals surface area contributed by atoms with E-state index in [1.54, 1.807) is 30.3 Å². The zero-order valence-electron chi connectivity index (χ0n) is 17.6. The molecular formula is C24H20N4O4S. The number of anilines is 2. The normalized spacial score (nSPS) is 10.7. The van der Waals surface area contributed by atoms with Crippen molar-refractivity contribution in [2.45, 2.75) is 12.1 Å². The average Bonchev–Trinajstić information content (AvgIpc) is 2.81. The van der Waals surface area contributed by atoms with Gasteiger partial charge in [0.15, 0.2) is 10.8 Å². The van der Waals surface area contributed by atoms with Gasteiger partial charge in [-0.25, -0.2) is 0 Å². The topological polar surface area (TPSA) is 113 Å². The van der Waals surface area contributed by atoms with E-state index in [9.17, 15) is 19.5 Å². The molecule has 0 radical (unpaired) electrons. The van der Waals surface area contributed by atoms with E-state index in [0.717, 1.165) is 22.5 Å². The fourth-order valence-corrected chi connectivity index (χ4v) is 4.13. The molecule has 1 aromatic heterocycles. The summed E-state index contributed by atoms with van der Waals surface area (Å²) in [6, 6.07) is 22.0. The summed E-state index contributed by atoms with van der Waals surface area (Å²) in [5, 5.41) is 17.5. The van der Waals surface area contributed by atoms with E-state index in [1.165, 1.54) is 11.5 Å². The number of rotatable bonds is 6. The van der Waals surface area contributed by atoms with Crippen LogP contribution < -0.4 is 16.2 Å². The van der Waals surface area contributed by atoms with E-state index in [0.29, 0.717) is 11.4 Å². The van der Waals surface area contributed by atoms with Gasteiger partial charge >= 0.3 is 0 Å². The van der Waals surface area contributed by atoms with Crippen LogP contribution in [0.5, 0.6) is 5.88 Å². The highest BCUT2D eigenvalue weighted by Crippen LogP contribution is 2.26. The Hall–Kier alpha value is -4.11. The molecule has 33 heavy (non-hydrogen) atoms. The minimum Gasteiger partial charge on any atom is -0.492 e. The third-order valence-corrected chi connectivity index (χ3v) is 5.68. The maximum Gasteiger partial charge on any atom is 0.286 e. The second kappa shape index (κ2) is 9.58. The van der Waals surface area contributed by atoms with Crippen LogP contribution in [0.2, 0.25) is 0 Å². The van der Waals surface area contributed by atoms with Crippen molar-refractivity contribution in [2.75, 3.05) is 16.4 Å². The van der Waals surface area contributed by atoms with Gasteiger partial charge in [0.05, 0.1) is 11.4 Å². The molecule has 0 aliphatic heterocycles. The minimum absolute atomic E-state index is 0.0541. The summed E-state index contributed by atoms with van der Waals surface area (Å²) in [6.45, 7) is 1.23. The number of benzene rings is 3. The second-order valence-electron chi connectivity index (χ2n) is 7.11. The zero-order chi connectivity index (χ0) is 23.4. The number of carbonyl (C=O) groups is 2. The van der Waals surface area contributed by atoms with Gasteiger partial charge in [0, 0.05) is 18.0 Å². The van der Waals surface area contributed by atoms with Gasteiger partial charge < -0.3 is 15.7 Å². The molecule has 0 saturated heterocycles. The lowest BCUT2D eigenvalue weighted by atomic mass is 10.1. The fourth-order valence-electron chi connectivity index (χ4n) is 3.33. The van der Waals surface area contributed by atoms with Crippen molar-refractivity contribution in [1.82, 2.24) is 9.55 Å². The molecule has 0 saturated carbocycles. The molecule has 0 aliphatic carbocycles. The van der Waals surface area contributed by atoms with Gasteiger partial charge in [-0.3, -0.25) is 19.0 Å². The lowest BCUT2D eigenvalue weighted by molar-refractivity contribution is -0.114. The highest BCUT2D eigenvalue weighted by Gasteiger charge is 2.20. The molecule has 0 bridgehead atoms. The highest BCUT2D eigenvalue weighted by molar-refractivity contribution is 7.99. The van der Waals surface area contributed by atoms with E-state index in [4.69, 9.17) is 0 Å². The van der Waals surface area contributed by atoms with Gasteiger partial charge in [0.2, 0.25) is 17.7 Å². The predicted molar refractivity (Wildman–Crippen MR) is 129 cm³/mol. The number of para-hydroxylation sites is 1. The van der Waals surface area contributed by atoms with Crippen LogP contribution in [0.25, 0.3) is 16.5 Å².